The smallest absolute Gasteiger partial charge is 0.338 e. The Morgan fingerprint density at radius 1 is 1.27 bits per heavy atom. The minimum absolute atomic E-state index is 0.229. The molecule has 0 radical (unpaired) electrons. The molecule has 30 heavy (non-hydrogen) atoms. The number of allylic oxidation sites excluding steroid dienone is 2. The van der Waals surface area contributed by atoms with Gasteiger partial charge in [0.1, 0.15) is 5.76 Å². The van der Waals surface area contributed by atoms with Crippen molar-refractivity contribution in [3.8, 4) is 0 Å². The maximum atomic E-state index is 13.2. The summed E-state index contributed by atoms with van der Waals surface area (Å²) in [6.45, 7) is 3.76. The molecule has 3 heterocycles. The summed E-state index contributed by atoms with van der Waals surface area (Å²) in [7, 11) is 0. The van der Waals surface area contributed by atoms with Crippen molar-refractivity contribution in [3.05, 3.63) is 97.1 Å². The van der Waals surface area contributed by atoms with Gasteiger partial charge in [-0.25, -0.2) is 9.79 Å². The van der Waals surface area contributed by atoms with Crippen molar-refractivity contribution in [2.45, 2.75) is 19.9 Å². The van der Waals surface area contributed by atoms with Crippen LogP contribution in [0.15, 0.2) is 80.3 Å². The van der Waals surface area contributed by atoms with Crippen LogP contribution in [0.25, 0.3) is 12.2 Å². The Bertz CT molecular complexity index is 1300. The molecule has 1 aliphatic rings. The van der Waals surface area contributed by atoms with Crippen LogP contribution >= 0.6 is 11.3 Å². The van der Waals surface area contributed by atoms with Crippen molar-refractivity contribution in [2.75, 3.05) is 6.61 Å². The summed E-state index contributed by atoms with van der Waals surface area (Å²) in [5, 5.41) is 0. The van der Waals surface area contributed by atoms with Crippen LogP contribution in [0.1, 0.15) is 31.2 Å². The van der Waals surface area contributed by atoms with E-state index in [0.29, 0.717) is 26.4 Å². The average Bonchev–Trinajstić information content (AvgIpc) is 3.35. The quantitative estimate of drug-likeness (QED) is 0.595. The molecule has 0 saturated heterocycles. The zero-order valence-corrected chi connectivity index (χ0v) is 17.4. The molecule has 2 aromatic heterocycles. The first-order valence-corrected chi connectivity index (χ1v) is 10.4. The summed E-state index contributed by atoms with van der Waals surface area (Å²) in [5.74, 6) is 0.111. The van der Waals surface area contributed by atoms with Gasteiger partial charge in [-0.3, -0.25) is 9.36 Å². The molecular weight excluding hydrogens is 400 g/mol. The van der Waals surface area contributed by atoms with E-state index in [9.17, 15) is 9.59 Å². The Morgan fingerprint density at radius 2 is 2.07 bits per heavy atom. The van der Waals surface area contributed by atoms with Gasteiger partial charge < -0.3 is 9.15 Å². The molecular formula is C23H20N2O4S. The van der Waals surface area contributed by atoms with E-state index in [1.165, 1.54) is 15.9 Å². The van der Waals surface area contributed by atoms with Crippen LogP contribution in [0.5, 0.6) is 0 Å². The molecule has 7 heteroatoms. The molecule has 1 atom stereocenters. The Balaban J connectivity index is 1.88. The van der Waals surface area contributed by atoms with Crippen molar-refractivity contribution < 1.29 is 13.9 Å². The lowest BCUT2D eigenvalue weighted by molar-refractivity contribution is -0.139. The van der Waals surface area contributed by atoms with Crippen molar-refractivity contribution in [2.24, 2.45) is 4.99 Å². The second-order valence-corrected chi connectivity index (χ2v) is 7.64. The Labute approximate surface area is 176 Å². The van der Waals surface area contributed by atoms with Crippen molar-refractivity contribution in [3.63, 3.8) is 0 Å². The zero-order chi connectivity index (χ0) is 21.1. The highest BCUT2D eigenvalue weighted by Crippen LogP contribution is 2.26. The predicted molar refractivity (Wildman–Crippen MR) is 115 cm³/mol. The molecule has 0 bridgehead atoms. The highest BCUT2D eigenvalue weighted by Gasteiger charge is 2.30. The van der Waals surface area contributed by atoms with Crippen LogP contribution < -0.4 is 14.9 Å². The van der Waals surface area contributed by atoms with E-state index in [1.807, 2.05) is 42.5 Å². The topological polar surface area (TPSA) is 73.8 Å². The lowest BCUT2D eigenvalue weighted by Crippen LogP contribution is -2.38. The fourth-order valence-electron chi connectivity index (χ4n) is 3.29. The molecule has 4 rings (SSSR count). The third-order valence-electron chi connectivity index (χ3n) is 4.65. The molecule has 1 aliphatic heterocycles. The summed E-state index contributed by atoms with van der Waals surface area (Å²) in [6.07, 6.45) is 6.98. The number of ether oxygens (including phenoxy) is 1. The Kier molecular flexibility index (Phi) is 5.63. The first kappa shape index (κ1) is 19.8. The summed E-state index contributed by atoms with van der Waals surface area (Å²) in [4.78, 5) is 31.0. The van der Waals surface area contributed by atoms with Crippen LogP contribution in [-0.4, -0.2) is 17.1 Å². The van der Waals surface area contributed by atoms with Gasteiger partial charge in [-0.2, -0.15) is 0 Å². The van der Waals surface area contributed by atoms with Gasteiger partial charge in [-0.15, -0.1) is 0 Å². The fraction of sp³-hybridized carbons (Fsp3) is 0.174. The Hall–Kier alpha value is -3.45. The van der Waals surface area contributed by atoms with Gasteiger partial charge in [-0.05, 0) is 31.5 Å². The number of hydrogen-bond donors (Lipinski definition) is 0. The van der Waals surface area contributed by atoms with Crippen LogP contribution in [-0.2, 0) is 9.53 Å². The van der Waals surface area contributed by atoms with Crippen LogP contribution in [0.3, 0.4) is 0 Å². The Morgan fingerprint density at radius 3 is 2.77 bits per heavy atom. The zero-order valence-electron chi connectivity index (χ0n) is 16.6. The molecule has 0 fully saturated rings. The first-order chi connectivity index (χ1) is 14.6. The number of thiazole rings is 1. The predicted octanol–water partition coefficient (Wildman–Crippen LogP) is 3.06. The molecule has 0 saturated carbocycles. The van der Waals surface area contributed by atoms with Gasteiger partial charge in [0.15, 0.2) is 4.80 Å². The van der Waals surface area contributed by atoms with Crippen molar-refractivity contribution >= 4 is 29.5 Å². The molecule has 0 aliphatic carbocycles. The lowest BCUT2D eigenvalue weighted by atomic mass is 10.0. The summed E-state index contributed by atoms with van der Waals surface area (Å²) < 4.78 is 12.6. The number of furan rings is 1. The largest absolute Gasteiger partial charge is 0.465 e. The van der Waals surface area contributed by atoms with Gasteiger partial charge in [0.2, 0.25) is 0 Å². The van der Waals surface area contributed by atoms with Crippen LogP contribution in [0, 0.1) is 0 Å². The number of esters is 1. The fourth-order valence-corrected chi connectivity index (χ4v) is 4.32. The van der Waals surface area contributed by atoms with E-state index in [-0.39, 0.29) is 12.2 Å². The molecule has 152 valence electrons. The van der Waals surface area contributed by atoms with Gasteiger partial charge in [0.05, 0.1) is 34.7 Å². The van der Waals surface area contributed by atoms with E-state index < -0.39 is 12.0 Å². The molecule has 6 nitrogen and oxygen atoms in total. The van der Waals surface area contributed by atoms with Gasteiger partial charge in [0, 0.05) is 6.08 Å². The summed E-state index contributed by atoms with van der Waals surface area (Å²) >= 11 is 1.26. The second kappa shape index (κ2) is 8.51. The molecule has 0 unspecified atom stereocenters. The molecule has 0 spiro atoms. The highest BCUT2D eigenvalue weighted by atomic mass is 32.1. The number of fused-ring (bicyclic) bond motifs is 1. The second-order valence-electron chi connectivity index (χ2n) is 6.63. The summed E-state index contributed by atoms with van der Waals surface area (Å²) in [5.41, 5.74) is 1.64. The standard InChI is InChI=1S/C23H20N2O4S/c1-3-28-22(27)20-15(2)24-23-25(18(20)12-11-16-8-5-4-6-9-16)21(26)19(30-23)14-17-10-7-13-29-17/h4-14,18H,3H2,1-2H3/b12-11+,19-14-/t18-/m0/s1. The molecule has 0 N–H and O–H groups in total. The minimum atomic E-state index is -0.612. The lowest BCUT2D eigenvalue weighted by Gasteiger charge is -2.21. The number of hydrogen-bond acceptors (Lipinski definition) is 6. The number of carbonyl (C=O) groups is 1. The third-order valence-corrected chi connectivity index (χ3v) is 5.63. The summed E-state index contributed by atoms with van der Waals surface area (Å²) in [6, 6.07) is 12.6. The number of benzene rings is 1. The monoisotopic (exact) mass is 420 g/mol. The third kappa shape index (κ3) is 3.84. The van der Waals surface area contributed by atoms with Crippen molar-refractivity contribution in [1.82, 2.24) is 4.57 Å². The van der Waals surface area contributed by atoms with E-state index in [1.54, 1.807) is 38.3 Å². The minimum Gasteiger partial charge on any atom is -0.465 e. The van der Waals surface area contributed by atoms with E-state index in [0.717, 1.165) is 5.56 Å². The SMILES string of the molecule is CCOC(=O)C1=C(C)N=c2s/c(=C\c3ccco3)c(=O)n2[C@H]1/C=C/c1ccccc1. The molecule has 3 aromatic rings. The maximum Gasteiger partial charge on any atom is 0.338 e. The van der Waals surface area contributed by atoms with Crippen LogP contribution in [0.2, 0.25) is 0 Å². The van der Waals surface area contributed by atoms with Gasteiger partial charge in [-0.1, -0.05) is 53.8 Å². The van der Waals surface area contributed by atoms with Gasteiger partial charge in [0.25, 0.3) is 5.56 Å². The number of rotatable bonds is 5. The number of nitrogens with zero attached hydrogens (tertiary/aromatic N) is 2. The highest BCUT2D eigenvalue weighted by molar-refractivity contribution is 7.07. The average molecular weight is 420 g/mol. The van der Waals surface area contributed by atoms with Crippen LogP contribution in [0.4, 0.5) is 0 Å². The maximum absolute atomic E-state index is 13.2. The van der Waals surface area contributed by atoms with E-state index >= 15 is 0 Å². The van der Waals surface area contributed by atoms with Gasteiger partial charge >= 0.3 is 5.97 Å². The van der Waals surface area contributed by atoms with E-state index in [2.05, 4.69) is 4.99 Å². The molecule has 0 amide bonds. The molecule has 1 aromatic carbocycles. The number of carbonyl (C=O) groups excluding carboxylic acids is 1. The van der Waals surface area contributed by atoms with E-state index in [4.69, 9.17) is 9.15 Å². The first-order valence-electron chi connectivity index (χ1n) is 9.55. The normalized spacial score (nSPS) is 16.6. The van der Waals surface area contributed by atoms with Crippen molar-refractivity contribution in [1.29, 1.82) is 0 Å². The number of aromatic nitrogens is 1.